The van der Waals surface area contributed by atoms with Crippen LogP contribution in [0.5, 0.6) is 0 Å². The van der Waals surface area contributed by atoms with Crippen molar-refractivity contribution in [3.8, 4) is 11.6 Å². The molecule has 0 bridgehead atoms. The summed E-state index contributed by atoms with van der Waals surface area (Å²) >= 11 is 0. The maximum absolute atomic E-state index is 13.5. The van der Waals surface area contributed by atoms with Crippen LogP contribution in [0.25, 0.3) is 22.5 Å². The molecular weight excluding hydrogens is 410 g/mol. The van der Waals surface area contributed by atoms with Crippen LogP contribution in [0.3, 0.4) is 0 Å². The molecule has 1 aliphatic rings. The van der Waals surface area contributed by atoms with E-state index in [0.717, 1.165) is 16.6 Å². The molecule has 0 saturated heterocycles. The average Bonchev–Trinajstić information content (AvgIpc) is 3.58. The van der Waals surface area contributed by atoms with Gasteiger partial charge in [0, 0.05) is 43.5 Å². The van der Waals surface area contributed by atoms with Crippen molar-refractivity contribution in [2.75, 3.05) is 6.54 Å². The number of aryl methyl sites for hydroxylation is 1. The molecule has 11 nitrogen and oxygen atoms in total. The molecule has 158 valence electrons. The van der Waals surface area contributed by atoms with Gasteiger partial charge in [-0.05, 0) is 12.1 Å². The van der Waals surface area contributed by atoms with E-state index in [1.54, 1.807) is 41.4 Å². The number of aromatic nitrogens is 8. The summed E-state index contributed by atoms with van der Waals surface area (Å²) in [7, 11) is 1.76. The number of hydrogen-bond donors (Lipinski definition) is 1. The molecule has 11 heteroatoms. The summed E-state index contributed by atoms with van der Waals surface area (Å²) in [4.78, 5) is 32.0. The lowest BCUT2D eigenvalue weighted by atomic mass is 10.0. The lowest BCUT2D eigenvalue weighted by molar-refractivity contribution is 0.0643. The second-order valence-corrected chi connectivity index (χ2v) is 7.46. The van der Waals surface area contributed by atoms with Crippen LogP contribution in [0.15, 0.2) is 53.5 Å². The Morgan fingerprint density at radius 3 is 2.97 bits per heavy atom. The van der Waals surface area contributed by atoms with Gasteiger partial charge in [0.1, 0.15) is 11.7 Å². The first kappa shape index (κ1) is 18.4. The van der Waals surface area contributed by atoms with Crippen LogP contribution >= 0.6 is 0 Å². The Balaban J connectivity index is 1.41. The largest absolute Gasteiger partial charge is 0.411 e. The van der Waals surface area contributed by atoms with Gasteiger partial charge in [-0.25, -0.2) is 15.0 Å². The molecule has 5 heterocycles. The number of aromatic amines is 1. The Bertz CT molecular complexity index is 1450. The van der Waals surface area contributed by atoms with E-state index < -0.39 is 11.9 Å². The lowest BCUT2D eigenvalue weighted by Gasteiger charge is -2.32. The van der Waals surface area contributed by atoms with Crippen LogP contribution in [0.1, 0.15) is 33.9 Å². The zero-order valence-electron chi connectivity index (χ0n) is 17.0. The minimum atomic E-state index is -0.575. The second kappa shape index (κ2) is 7.08. The number of H-pyrrole nitrogens is 1. The number of nitrogens with one attached hydrogen (secondary N) is 1. The normalized spacial score (nSPS) is 15.8. The van der Waals surface area contributed by atoms with Crippen LogP contribution < -0.4 is 0 Å². The second-order valence-electron chi connectivity index (χ2n) is 7.46. The Morgan fingerprint density at radius 2 is 2.09 bits per heavy atom. The average molecular weight is 427 g/mol. The van der Waals surface area contributed by atoms with Crippen molar-refractivity contribution in [2.45, 2.75) is 12.5 Å². The lowest BCUT2D eigenvalue weighted by Crippen LogP contribution is -2.41. The van der Waals surface area contributed by atoms with E-state index in [9.17, 15) is 4.79 Å². The predicted molar refractivity (Wildman–Crippen MR) is 111 cm³/mol. The Hall–Kier alpha value is -4.41. The van der Waals surface area contributed by atoms with Gasteiger partial charge in [0.15, 0.2) is 5.82 Å². The van der Waals surface area contributed by atoms with Crippen LogP contribution in [-0.2, 0) is 13.5 Å². The first-order valence-corrected chi connectivity index (χ1v) is 10.1. The zero-order chi connectivity index (χ0) is 21.7. The molecule has 1 aliphatic heterocycles. The molecule has 0 fully saturated rings. The number of imidazole rings is 1. The van der Waals surface area contributed by atoms with Crippen molar-refractivity contribution in [2.24, 2.45) is 7.05 Å². The maximum atomic E-state index is 13.5. The van der Waals surface area contributed by atoms with E-state index in [2.05, 4.69) is 30.2 Å². The minimum absolute atomic E-state index is 0.106. The van der Waals surface area contributed by atoms with Crippen LogP contribution in [0.2, 0.25) is 0 Å². The molecule has 5 aromatic rings. The molecule has 32 heavy (non-hydrogen) atoms. The number of carbonyl (C=O) groups is 1. The van der Waals surface area contributed by atoms with Gasteiger partial charge in [0.2, 0.25) is 0 Å². The molecule has 1 N–H and O–H groups in total. The molecule has 1 atom stereocenters. The smallest absolute Gasteiger partial charge is 0.312 e. The molecule has 6 rings (SSSR count). The minimum Gasteiger partial charge on any atom is -0.411 e. The third-order valence-corrected chi connectivity index (χ3v) is 5.59. The molecule has 0 saturated carbocycles. The SMILES string of the molecule is Cn1nccc1-c1nnc(C(=O)N2CCc3[nH]cnc3[C@@H]2c2ncc3ccccc3n2)o1. The highest BCUT2D eigenvalue weighted by Crippen LogP contribution is 2.33. The van der Waals surface area contributed by atoms with Gasteiger partial charge < -0.3 is 14.3 Å². The van der Waals surface area contributed by atoms with Gasteiger partial charge >= 0.3 is 11.8 Å². The van der Waals surface area contributed by atoms with Crippen molar-refractivity contribution in [1.82, 2.24) is 44.8 Å². The van der Waals surface area contributed by atoms with Gasteiger partial charge in [0.05, 0.1) is 17.5 Å². The maximum Gasteiger partial charge on any atom is 0.312 e. The van der Waals surface area contributed by atoms with Gasteiger partial charge in [-0.2, -0.15) is 5.10 Å². The summed E-state index contributed by atoms with van der Waals surface area (Å²) in [5.74, 6) is 0.202. The summed E-state index contributed by atoms with van der Waals surface area (Å²) in [6.07, 6.45) is 5.63. The molecule has 1 amide bonds. The topological polar surface area (TPSA) is 132 Å². The fourth-order valence-electron chi connectivity index (χ4n) is 3.99. The molecule has 0 radical (unpaired) electrons. The third kappa shape index (κ3) is 2.86. The molecule has 0 spiro atoms. The Morgan fingerprint density at radius 1 is 1.19 bits per heavy atom. The fraction of sp³-hybridized carbons (Fsp3) is 0.190. The summed E-state index contributed by atoms with van der Waals surface area (Å²) in [5, 5.41) is 13.0. The van der Waals surface area contributed by atoms with E-state index >= 15 is 0 Å². The molecule has 0 unspecified atom stereocenters. The Labute approximate surface area is 181 Å². The van der Waals surface area contributed by atoms with Crippen molar-refractivity contribution in [1.29, 1.82) is 0 Å². The van der Waals surface area contributed by atoms with Gasteiger partial charge in [-0.3, -0.25) is 9.48 Å². The number of fused-ring (bicyclic) bond motifs is 2. The number of carbonyl (C=O) groups excluding carboxylic acids is 1. The zero-order valence-corrected chi connectivity index (χ0v) is 17.0. The number of rotatable bonds is 3. The van der Waals surface area contributed by atoms with Gasteiger partial charge in [-0.1, -0.05) is 18.2 Å². The van der Waals surface area contributed by atoms with E-state index in [-0.39, 0.29) is 11.8 Å². The van der Waals surface area contributed by atoms with Crippen molar-refractivity contribution in [3.63, 3.8) is 0 Å². The standard InChI is InChI=1S/C21H17N9O2/c1-29-15(6-8-25-29)19-27-28-20(32-19)21(31)30-9-7-14-16(24-11-23-14)17(30)18-22-10-12-4-2-3-5-13(12)26-18/h2-6,8,10-11,17H,7,9H2,1H3,(H,23,24)/t17-/m1/s1. The van der Waals surface area contributed by atoms with Crippen molar-refractivity contribution >= 4 is 16.8 Å². The Kier molecular flexibility index (Phi) is 4.06. The van der Waals surface area contributed by atoms with E-state index in [0.29, 0.717) is 30.2 Å². The van der Waals surface area contributed by atoms with Crippen LogP contribution in [0.4, 0.5) is 0 Å². The van der Waals surface area contributed by atoms with Gasteiger partial charge in [-0.15, -0.1) is 10.2 Å². The summed E-state index contributed by atoms with van der Waals surface area (Å²) < 4.78 is 7.31. The number of benzene rings is 1. The fourth-order valence-corrected chi connectivity index (χ4v) is 3.99. The van der Waals surface area contributed by atoms with Crippen LogP contribution in [-0.4, -0.2) is 57.3 Å². The molecule has 4 aromatic heterocycles. The first-order chi connectivity index (χ1) is 15.7. The highest BCUT2D eigenvalue weighted by Gasteiger charge is 2.38. The van der Waals surface area contributed by atoms with E-state index in [1.807, 2.05) is 24.3 Å². The quantitative estimate of drug-likeness (QED) is 0.462. The van der Waals surface area contributed by atoms with E-state index in [4.69, 9.17) is 9.40 Å². The third-order valence-electron chi connectivity index (χ3n) is 5.59. The highest BCUT2D eigenvalue weighted by atomic mass is 16.4. The number of hydrogen-bond acceptors (Lipinski definition) is 8. The van der Waals surface area contributed by atoms with Crippen LogP contribution in [0, 0.1) is 0 Å². The van der Waals surface area contributed by atoms with E-state index in [1.165, 1.54) is 0 Å². The molecular formula is C21H17N9O2. The summed E-state index contributed by atoms with van der Waals surface area (Å²) in [6, 6.07) is 8.88. The first-order valence-electron chi connectivity index (χ1n) is 10.1. The van der Waals surface area contributed by atoms with Crippen molar-refractivity contribution in [3.05, 3.63) is 72.2 Å². The monoisotopic (exact) mass is 427 g/mol. The molecule has 1 aromatic carbocycles. The van der Waals surface area contributed by atoms with Gasteiger partial charge in [0.25, 0.3) is 5.89 Å². The molecule has 0 aliphatic carbocycles. The van der Waals surface area contributed by atoms with Crippen molar-refractivity contribution < 1.29 is 9.21 Å². The number of amides is 1. The number of para-hydroxylation sites is 1. The number of nitrogens with zero attached hydrogens (tertiary/aromatic N) is 8. The summed E-state index contributed by atoms with van der Waals surface area (Å²) in [6.45, 7) is 0.429. The highest BCUT2D eigenvalue weighted by molar-refractivity contribution is 5.90. The summed E-state index contributed by atoms with van der Waals surface area (Å²) in [5.41, 5.74) is 3.09. The predicted octanol–water partition coefficient (Wildman–Crippen LogP) is 1.92.